The number of benzene rings is 1. The van der Waals surface area contributed by atoms with Gasteiger partial charge in [-0.2, -0.15) is 10.1 Å². The second kappa shape index (κ2) is 4.40. The minimum Gasteiger partial charge on any atom is -0.339 e. The molecule has 1 aromatic carbocycles. The van der Waals surface area contributed by atoms with Crippen LogP contribution in [0.1, 0.15) is 5.56 Å². The van der Waals surface area contributed by atoms with Crippen molar-refractivity contribution in [1.29, 1.82) is 0 Å². The van der Waals surface area contributed by atoms with Gasteiger partial charge in [0.25, 0.3) is 0 Å². The molecule has 0 atom stereocenters. The van der Waals surface area contributed by atoms with Crippen LogP contribution in [-0.4, -0.2) is 15.2 Å². The maximum Gasteiger partial charge on any atom is 0.244 e. The molecule has 0 spiro atoms. The summed E-state index contributed by atoms with van der Waals surface area (Å²) in [7, 11) is 0. The summed E-state index contributed by atoms with van der Waals surface area (Å²) >= 11 is 5.58. The Morgan fingerprint density at radius 1 is 1.38 bits per heavy atom. The summed E-state index contributed by atoms with van der Waals surface area (Å²) in [4.78, 5) is 3.91. The highest BCUT2D eigenvalue weighted by Crippen LogP contribution is 2.17. The fourth-order valence-electron chi connectivity index (χ4n) is 1.21. The van der Waals surface area contributed by atoms with Crippen LogP contribution in [0.3, 0.4) is 0 Å². The van der Waals surface area contributed by atoms with E-state index in [0.29, 0.717) is 11.4 Å². The van der Waals surface area contributed by atoms with Gasteiger partial charge in [-0.1, -0.05) is 0 Å². The van der Waals surface area contributed by atoms with E-state index in [1.807, 2.05) is 0 Å². The average Bonchev–Trinajstić information content (AvgIpc) is 2.24. The standard InChI is InChI=1S/C10H8ClFN4/c1-6-4-7(2-3-8(6)12)14-9-5-13-16-10(11)15-9/h2-5H,1H3,(H,14,15,16). The van der Waals surface area contributed by atoms with Crippen LogP contribution in [0.2, 0.25) is 5.28 Å². The number of rotatable bonds is 2. The van der Waals surface area contributed by atoms with Gasteiger partial charge in [-0.25, -0.2) is 4.39 Å². The largest absolute Gasteiger partial charge is 0.339 e. The third kappa shape index (κ3) is 2.43. The first-order chi connectivity index (χ1) is 7.65. The van der Waals surface area contributed by atoms with E-state index in [4.69, 9.17) is 11.6 Å². The highest BCUT2D eigenvalue weighted by Gasteiger charge is 2.01. The molecule has 6 heteroatoms. The van der Waals surface area contributed by atoms with E-state index in [0.717, 1.165) is 5.69 Å². The van der Waals surface area contributed by atoms with Crippen molar-refractivity contribution >= 4 is 23.1 Å². The van der Waals surface area contributed by atoms with E-state index >= 15 is 0 Å². The van der Waals surface area contributed by atoms with E-state index in [2.05, 4.69) is 20.5 Å². The molecular weight excluding hydrogens is 231 g/mol. The molecule has 1 heterocycles. The van der Waals surface area contributed by atoms with Gasteiger partial charge in [0.1, 0.15) is 5.82 Å². The van der Waals surface area contributed by atoms with Crippen molar-refractivity contribution in [2.24, 2.45) is 0 Å². The first-order valence-corrected chi connectivity index (χ1v) is 4.91. The molecule has 0 fully saturated rings. The summed E-state index contributed by atoms with van der Waals surface area (Å²) in [6.45, 7) is 1.69. The van der Waals surface area contributed by atoms with E-state index in [-0.39, 0.29) is 11.1 Å². The molecule has 0 saturated heterocycles. The lowest BCUT2D eigenvalue weighted by Gasteiger charge is -2.05. The van der Waals surface area contributed by atoms with Crippen molar-refractivity contribution in [2.45, 2.75) is 6.92 Å². The summed E-state index contributed by atoms with van der Waals surface area (Å²) < 4.78 is 13.0. The smallest absolute Gasteiger partial charge is 0.244 e. The van der Waals surface area contributed by atoms with Crippen LogP contribution in [0.4, 0.5) is 15.9 Å². The first-order valence-electron chi connectivity index (χ1n) is 4.53. The fourth-order valence-corrected chi connectivity index (χ4v) is 1.35. The molecule has 0 amide bonds. The molecule has 0 aliphatic rings. The van der Waals surface area contributed by atoms with Crippen molar-refractivity contribution in [1.82, 2.24) is 15.2 Å². The van der Waals surface area contributed by atoms with Gasteiger partial charge >= 0.3 is 0 Å². The van der Waals surface area contributed by atoms with E-state index in [1.165, 1.54) is 12.3 Å². The lowest BCUT2D eigenvalue weighted by Crippen LogP contribution is -1.97. The third-order valence-corrected chi connectivity index (χ3v) is 2.12. The summed E-state index contributed by atoms with van der Waals surface area (Å²) in [6, 6.07) is 4.66. The Bertz CT molecular complexity index is 518. The predicted molar refractivity (Wildman–Crippen MR) is 59.3 cm³/mol. The number of nitrogens with one attached hydrogen (secondary N) is 1. The number of anilines is 2. The van der Waals surface area contributed by atoms with Crippen molar-refractivity contribution < 1.29 is 4.39 Å². The van der Waals surface area contributed by atoms with Crippen LogP contribution in [0, 0.1) is 12.7 Å². The van der Waals surface area contributed by atoms with Crippen LogP contribution >= 0.6 is 11.6 Å². The molecule has 0 saturated carbocycles. The summed E-state index contributed by atoms with van der Waals surface area (Å²) in [6.07, 6.45) is 1.44. The monoisotopic (exact) mass is 238 g/mol. The SMILES string of the molecule is Cc1cc(Nc2cnnc(Cl)n2)ccc1F. The molecule has 0 radical (unpaired) electrons. The molecule has 16 heavy (non-hydrogen) atoms. The van der Waals surface area contributed by atoms with Gasteiger partial charge in [-0.05, 0) is 42.3 Å². The highest BCUT2D eigenvalue weighted by atomic mass is 35.5. The Morgan fingerprint density at radius 2 is 2.19 bits per heavy atom. The van der Waals surface area contributed by atoms with Crippen LogP contribution in [0.25, 0.3) is 0 Å². The minimum atomic E-state index is -0.246. The molecular formula is C10H8ClFN4. The van der Waals surface area contributed by atoms with Gasteiger partial charge in [0.2, 0.25) is 5.28 Å². The lowest BCUT2D eigenvalue weighted by molar-refractivity contribution is 0.619. The summed E-state index contributed by atoms with van der Waals surface area (Å²) in [5, 5.41) is 10.2. The van der Waals surface area contributed by atoms with Crippen molar-refractivity contribution in [3.05, 3.63) is 41.1 Å². The Hall–Kier alpha value is -1.75. The van der Waals surface area contributed by atoms with Gasteiger partial charge in [-0.3, -0.25) is 0 Å². The Morgan fingerprint density at radius 3 is 2.88 bits per heavy atom. The maximum absolute atomic E-state index is 13.0. The minimum absolute atomic E-state index is 0.0591. The molecule has 0 unspecified atom stereocenters. The fraction of sp³-hybridized carbons (Fsp3) is 0.100. The van der Waals surface area contributed by atoms with Crippen LogP contribution in [0.5, 0.6) is 0 Å². The quantitative estimate of drug-likeness (QED) is 0.874. The third-order valence-electron chi connectivity index (χ3n) is 1.96. The molecule has 82 valence electrons. The van der Waals surface area contributed by atoms with E-state index in [9.17, 15) is 4.39 Å². The van der Waals surface area contributed by atoms with Crippen LogP contribution < -0.4 is 5.32 Å². The predicted octanol–water partition coefficient (Wildman–Crippen LogP) is 2.72. The van der Waals surface area contributed by atoms with Crippen molar-refractivity contribution in [2.75, 3.05) is 5.32 Å². The second-order valence-electron chi connectivity index (χ2n) is 3.20. The van der Waals surface area contributed by atoms with Crippen molar-refractivity contribution in [3.63, 3.8) is 0 Å². The summed E-state index contributed by atoms with van der Waals surface area (Å²) in [5.74, 6) is 0.218. The molecule has 1 aromatic heterocycles. The Balaban J connectivity index is 2.24. The van der Waals surface area contributed by atoms with Crippen LogP contribution in [-0.2, 0) is 0 Å². The van der Waals surface area contributed by atoms with Gasteiger partial charge in [0.15, 0.2) is 5.82 Å². The zero-order valence-electron chi connectivity index (χ0n) is 8.41. The number of aromatic nitrogens is 3. The zero-order valence-corrected chi connectivity index (χ0v) is 9.16. The highest BCUT2D eigenvalue weighted by molar-refractivity contribution is 6.28. The number of hydrogen-bond donors (Lipinski definition) is 1. The van der Waals surface area contributed by atoms with Gasteiger partial charge in [-0.15, -0.1) is 5.10 Å². The molecule has 1 N–H and O–H groups in total. The normalized spacial score (nSPS) is 10.2. The molecule has 2 rings (SSSR count). The molecule has 0 bridgehead atoms. The van der Waals surface area contributed by atoms with Crippen molar-refractivity contribution in [3.8, 4) is 0 Å². The first kappa shape index (κ1) is 10.8. The zero-order chi connectivity index (χ0) is 11.5. The van der Waals surface area contributed by atoms with Gasteiger partial charge in [0.05, 0.1) is 6.20 Å². The Kier molecular flexibility index (Phi) is 2.96. The van der Waals surface area contributed by atoms with Gasteiger partial charge in [0, 0.05) is 5.69 Å². The number of hydrogen-bond acceptors (Lipinski definition) is 4. The van der Waals surface area contributed by atoms with Gasteiger partial charge < -0.3 is 5.32 Å². The molecule has 4 nitrogen and oxygen atoms in total. The number of aryl methyl sites for hydroxylation is 1. The van der Waals surface area contributed by atoms with Crippen LogP contribution in [0.15, 0.2) is 24.4 Å². The van der Waals surface area contributed by atoms with E-state index < -0.39 is 0 Å². The maximum atomic E-state index is 13.0. The average molecular weight is 239 g/mol. The second-order valence-corrected chi connectivity index (χ2v) is 3.54. The topological polar surface area (TPSA) is 50.7 Å². The molecule has 0 aliphatic heterocycles. The number of halogens is 2. The molecule has 2 aromatic rings. The summed E-state index contributed by atoms with van der Waals surface area (Å²) in [5.41, 5.74) is 1.27. The lowest BCUT2D eigenvalue weighted by atomic mass is 10.2. The van der Waals surface area contributed by atoms with E-state index in [1.54, 1.807) is 19.1 Å². The Labute approximate surface area is 96.5 Å². The number of nitrogens with zero attached hydrogens (tertiary/aromatic N) is 3. The molecule has 0 aliphatic carbocycles.